The molecule has 0 aromatic heterocycles. The minimum Gasteiger partial charge on any atom is -0.344 e. The van der Waals surface area contributed by atoms with E-state index in [0.29, 0.717) is 44.3 Å². The van der Waals surface area contributed by atoms with Gasteiger partial charge >= 0.3 is 6.03 Å². The molecule has 1 fully saturated rings. The lowest BCUT2D eigenvalue weighted by molar-refractivity contribution is -0.438. The van der Waals surface area contributed by atoms with Gasteiger partial charge in [-0.25, -0.2) is 4.79 Å². The molecule has 0 unspecified atom stereocenters. The topological polar surface area (TPSA) is 173 Å². The Hall–Kier alpha value is -4.70. The summed E-state index contributed by atoms with van der Waals surface area (Å²) in [5.74, 6) is -3.12. The van der Waals surface area contributed by atoms with Gasteiger partial charge in [0.2, 0.25) is 17.5 Å². The molecule has 2 aromatic carbocycles. The van der Waals surface area contributed by atoms with Gasteiger partial charge < -0.3 is 4.90 Å². The molecule has 0 bridgehead atoms. The van der Waals surface area contributed by atoms with E-state index in [4.69, 9.17) is 0 Å². The zero-order valence-electron chi connectivity index (χ0n) is 33.9. The second-order valence-corrected chi connectivity index (χ2v) is 19.6. The monoisotopic (exact) mass is 833 g/mol. The zero-order chi connectivity index (χ0) is 42.4. The standard InChI is InChI=1S/C43H52N4O9S2/c1-42(2)31-15-7-9-17-33(31)46(25-11-13-27-57(51,52)53)35(42)23-21-29-19-20-30(37(29)38-39(48)44(5)41(50)45(6)40(38)49)22-24-36-43(3,4)32-16-8-10-18-34(32)47(36)26-12-14-28-58(54,55)56/h7-10,15-18,21-24,38H,11-14,19-20,25-28H2,1-6H3,(H-,51,52,53,54,55,56)/p+1. The molecule has 2 N–H and O–H groups in total. The van der Waals surface area contributed by atoms with Crippen LogP contribution in [0.15, 0.2) is 95.3 Å². The molecular formula is C43H53N4O9S2+. The Morgan fingerprint density at radius 3 is 1.97 bits per heavy atom. The van der Waals surface area contributed by atoms with E-state index in [-0.39, 0.29) is 24.3 Å². The van der Waals surface area contributed by atoms with Gasteiger partial charge in [-0.2, -0.15) is 21.4 Å². The van der Waals surface area contributed by atoms with Gasteiger partial charge in [0.05, 0.1) is 16.9 Å². The number of unbranched alkanes of at least 4 members (excludes halogenated alkanes) is 2. The fourth-order valence-electron chi connectivity index (χ4n) is 8.85. The van der Waals surface area contributed by atoms with Crippen LogP contribution in [0, 0.1) is 5.92 Å². The van der Waals surface area contributed by atoms with Crippen LogP contribution >= 0.6 is 0 Å². The van der Waals surface area contributed by atoms with E-state index in [1.165, 1.54) is 14.1 Å². The molecule has 1 saturated heterocycles. The molecule has 4 amide bonds. The number of fused-ring (bicyclic) bond motifs is 2. The van der Waals surface area contributed by atoms with Crippen LogP contribution in [0.1, 0.15) is 77.3 Å². The van der Waals surface area contributed by atoms with Crippen LogP contribution in [0.25, 0.3) is 0 Å². The van der Waals surface area contributed by atoms with Crippen LogP contribution in [0.2, 0.25) is 0 Å². The number of benzene rings is 2. The Balaban J connectivity index is 1.44. The Labute approximate surface area is 341 Å². The van der Waals surface area contributed by atoms with Gasteiger partial charge in [-0.05, 0) is 80.4 Å². The first-order valence-corrected chi connectivity index (χ1v) is 22.8. The Morgan fingerprint density at radius 2 is 1.33 bits per heavy atom. The number of nitrogens with zero attached hydrogens (tertiary/aromatic N) is 4. The highest BCUT2D eigenvalue weighted by molar-refractivity contribution is 7.86. The fourth-order valence-corrected chi connectivity index (χ4v) is 9.98. The quantitative estimate of drug-likeness (QED) is 0.0950. The summed E-state index contributed by atoms with van der Waals surface area (Å²) in [5, 5.41) is 0. The highest BCUT2D eigenvalue weighted by Gasteiger charge is 2.48. The maximum absolute atomic E-state index is 13.9. The summed E-state index contributed by atoms with van der Waals surface area (Å²) < 4.78 is 66.6. The molecule has 3 aliphatic heterocycles. The van der Waals surface area contributed by atoms with Crippen LogP contribution in [-0.4, -0.2) is 103 Å². The molecule has 2 aromatic rings. The molecule has 6 rings (SSSR count). The first kappa shape index (κ1) is 42.9. The van der Waals surface area contributed by atoms with Crippen molar-refractivity contribution >= 4 is 55.2 Å². The van der Waals surface area contributed by atoms with Crippen molar-refractivity contribution in [3.63, 3.8) is 0 Å². The molecule has 0 atom stereocenters. The van der Waals surface area contributed by atoms with Crippen molar-refractivity contribution in [1.82, 2.24) is 9.80 Å². The number of amides is 4. The molecule has 3 heterocycles. The van der Waals surface area contributed by atoms with Crippen molar-refractivity contribution in [1.29, 1.82) is 0 Å². The summed E-state index contributed by atoms with van der Waals surface area (Å²) in [4.78, 5) is 44.9. The number of hydrogen-bond acceptors (Lipinski definition) is 8. The van der Waals surface area contributed by atoms with Gasteiger partial charge in [0.15, 0.2) is 5.71 Å². The number of barbiturate groups is 1. The molecule has 0 radical (unpaired) electrons. The van der Waals surface area contributed by atoms with Crippen molar-refractivity contribution in [2.24, 2.45) is 5.92 Å². The number of hydrogen-bond donors (Lipinski definition) is 2. The number of allylic oxidation sites excluding steroid dienone is 7. The highest BCUT2D eigenvalue weighted by atomic mass is 32.2. The molecular weight excluding hydrogens is 781 g/mol. The number of anilines is 1. The fraction of sp³-hybridized carbons (Fsp3) is 0.442. The maximum atomic E-state index is 13.9. The molecule has 0 saturated carbocycles. The minimum atomic E-state index is -4.09. The zero-order valence-corrected chi connectivity index (χ0v) is 35.6. The molecule has 4 aliphatic rings. The molecule has 0 spiro atoms. The smallest absolute Gasteiger partial charge is 0.332 e. The maximum Gasteiger partial charge on any atom is 0.332 e. The van der Waals surface area contributed by atoms with Gasteiger partial charge in [-0.3, -0.25) is 28.5 Å². The van der Waals surface area contributed by atoms with Crippen molar-refractivity contribution in [3.8, 4) is 0 Å². The first-order valence-electron chi connectivity index (χ1n) is 19.6. The lowest BCUT2D eigenvalue weighted by Crippen LogP contribution is -2.57. The summed E-state index contributed by atoms with van der Waals surface area (Å²) in [6, 6.07) is 15.4. The first-order chi connectivity index (χ1) is 27.1. The third-order valence-corrected chi connectivity index (χ3v) is 13.5. The predicted molar refractivity (Wildman–Crippen MR) is 223 cm³/mol. The molecule has 310 valence electrons. The minimum absolute atomic E-state index is 0.281. The summed E-state index contributed by atoms with van der Waals surface area (Å²) in [7, 11) is -5.43. The Kier molecular flexibility index (Phi) is 11.9. The summed E-state index contributed by atoms with van der Waals surface area (Å²) >= 11 is 0. The van der Waals surface area contributed by atoms with E-state index in [1.807, 2.05) is 60.7 Å². The third kappa shape index (κ3) is 8.40. The number of imide groups is 2. The number of rotatable bonds is 14. The summed E-state index contributed by atoms with van der Waals surface area (Å²) in [6.45, 7) is 9.47. The van der Waals surface area contributed by atoms with Crippen molar-refractivity contribution < 1.29 is 44.9 Å². The average molecular weight is 834 g/mol. The molecule has 58 heavy (non-hydrogen) atoms. The highest BCUT2D eigenvalue weighted by Crippen LogP contribution is 2.48. The second kappa shape index (κ2) is 16.2. The van der Waals surface area contributed by atoms with Crippen molar-refractivity contribution in [3.05, 3.63) is 106 Å². The van der Waals surface area contributed by atoms with Gasteiger partial charge in [0.1, 0.15) is 12.5 Å². The lowest BCUT2D eigenvalue weighted by Gasteiger charge is -2.34. The van der Waals surface area contributed by atoms with Gasteiger partial charge in [-0.1, -0.05) is 62.4 Å². The van der Waals surface area contributed by atoms with E-state index in [0.717, 1.165) is 54.9 Å². The van der Waals surface area contributed by atoms with Crippen LogP contribution in [0.3, 0.4) is 0 Å². The lowest BCUT2D eigenvalue weighted by atomic mass is 9.81. The van der Waals surface area contributed by atoms with Gasteiger partial charge in [-0.15, -0.1) is 0 Å². The normalized spacial score (nSPS) is 21.2. The summed E-state index contributed by atoms with van der Waals surface area (Å²) in [6.07, 6.45) is 10.6. The number of carbonyl (C=O) groups is 3. The largest absolute Gasteiger partial charge is 0.344 e. The SMILES string of the molecule is CN1C(=O)C(C2=C(C=CC3=[N+](CCCCS(=O)(=O)O)c4ccccc4C3(C)C)CCC2=CC=C2N(CCCCS(=O)(=O)O)c3ccccc3C2(C)C)C(=O)N(C)C1=O. The Bertz CT molecular complexity index is 2400. The summed E-state index contributed by atoms with van der Waals surface area (Å²) in [5.41, 5.74) is 7.31. The molecule has 13 nitrogen and oxygen atoms in total. The predicted octanol–water partition coefficient (Wildman–Crippen LogP) is 6.32. The number of carbonyl (C=O) groups excluding carboxylic acids is 3. The average Bonchev–Trinajstić information content (AvgIpc) is 3.72. The van der Waals surface area contributed by atoms with E-state index < -0.39 is 54.8 Å². The third-order valence-electron chi connectivity index (χ3n) is 11.9. The molecule has 15 heteroatoms. The van der Waals surface area contributed by atoms with Crippen molar-refractivity contribution in [2.45, 2.75) is 77.0 Å². The van der Waals surface area contributed by atoms with Crippen LogP contribution in [-0.2, 0) is 40.7 Å². The molecule has 1 aliphatic carbocycles. The number of urea groups is 1. The van der Waals surface area contributed by atoms with E-state index >= 15 is 0 Å². The van der Waals surface area contributed by atoms with Crippen molar-refractivity contribution in [2.75, 3.05) is 43.6 Å². The van der Waals surface area contributed by atoms with Crippen LogP contribution in [0.4, 0.5) is 16.2 Å². The Morgan fingerprint density at radius 1 is 0.741 bits per heavy atom. The van der Waals surface area contributed by atoms with Crippen LogP contribution < -0.4 is 4.90 Å². The van der Waals surface area contributed by atoms with E-state index in [9.17, 15) is 40.3 Å². The second-order valence-electron chi connectivity index (χ2n) is 16.5. The van der Waals surface area contributed by atoms with Gasteiger partial charge in [0, 0.05) is 61.6 Å². The van der Waals surface area contributed by atoms with Crippen LogP contribution in [0.5, 0.6) is 0 Å². The van der Waals surface area contributed by atoms with E-state index in [2.05, 4.69) is 49.3 Å². The van der Waals surface area contributed by atoms with Gasteiger partial charge in [0.25, 0.3) is 20.2 Å². The number of para-hydroxylation sites is 2. The van der Waals surface area contributed by atoms with E-state index in [1.54, 1.807) is 0 Å².